The van der Waals surface area contributed by atoms with Crippen molar-refractivity contribution in [1.29, 1.82) is 0 Å². The number of quaternary nitrogens is 1. The Kier molecular flexibility index (Phi) is 6.23. The number of nitrogens with one attached hydrogen (secondary N) is 1. The van der Waals surface area contributed by atoms with E-state index in [0.29, 0.717) is 5.56 Å². The lowest BCUT2D eigenvalue weighted by Crippen LogP contribution is -3.05. The number of halogens is 1. The van der Waals surface area contributed by atoms with Gasteiger partial charge >= 0.3 is 0 Å². The maximum Gasteiger partial charge on any atom is 0.262 e. The molecule has 1 aromatic heterocycles. The minimum Gasteiger partial charge on any atom is -1.00 e. The van der Waals surface area contributed by atoms with Gasteiger partial charge in [-0.15, -0.1) is 0 Å². The van der Waals surface area contributed by atoms with Crippen LogP contribution in [0.25, 0.3) is 10.9 Å². The monoisotopic (exact) mass is 358 g/mol. The van der Waals surface area contributed by atoms with Crippen LogP contribution >= 0.6 is 0 Å². The number of nitrogens with zero attached hydrogens (tertiary/aromatic N) is 1. The highest BCUT2D eigenvalue weighted by atomic mass is 35.5. The number of fused-ring (bicyclic) bond motifs is 1. The third kappa shape index (κ3) is 4.03. The van der Waals surface area contributed by atoms with E-state index in [1.807, 2.05) is 54.7 Å². The summed E-state index contributed by atoms with van der Waals surface area (Å²) < 4.78 is 7.11. The molecule has 0 saturated carbocycles. The summed E-state index contributed by atoms with van der Waals surface area (Å²) in [5.74, 6) is 0.806. The molecule has 0 aliphatic heterocycles. The highest BCUT2D eigenvalue weighted by Gasteiger charge is 2.16. The van der Waals surface area contributed by atoms with Gasteiger partial charge in [-0.3, -0.25) is 9.36 Å². The van der Waals surface area contributed by atoms with Gasteiger partial charge in [0.05, 0.1) is 33.3 Å². The van der Waals surface area contributed by atoms with Gasteiger partial charge in [-0.1, -0.05) is 18.2 Å². The van der Waals surface area contributed by atoms with Crippen LogP contribution in [0.2, 0.25) is 0 Å². The van der Waals surface area contributed by atoms with Crippen molar-refractivity contribution < 1.29 is 26.8 Å². The summed E-state index contributed by atoms with van der Waals surface area (Å²) in [6, 6.07) is 15.3. The highest BCUT2D eigenvalue weighted by Crippen LogP contribution is 2.27. The summed E-state index contributed by atoms with van der Waals surface area (Å²) in [5.41, 5.74) is 2.79. The van der Waals surface area contributed by atoms with Gasteiger partial charge in [-0.25, -0.2) is 0 Å². The van der Waals surface area contributed by atoms with Crippen molar-refractivity contribution in [3.8, 4) is 5.75 Å². The van der Waals surface area contributed by atoms with Crippen LogP contribution in [0.1, 0.15) is 15.9 Å². The quantitative estimate of drug-likeness (QED) is 0.637. The van der Waals surface area contributed by atoms with E-state index in [1.165, 1.54) is 10.5 Å². The summed E-state index contributed by atoms with van der Waals surface area (Å²) in [6.45, 7) is 1.01. The molecule has 3 aromatic rings. The molecule has 1 heterocycles. The number of aromatic nitrogens is 1. The number of carbonyl (C=O) groups excluding carboxylic acids is 1. The van der Waals surface area contributed by atoms with E-state index in [-0.39, 0.29) is 18.3 Å². The van der Waals surface area contributed by atoms with Crippen molar-refractivity contribution in [2.24, 2.45) is 0 Å². The second-order valence-corrected chi connectivity index (χ2v) is 6.29. The molecule has 0 bridgehead atoms. The van der Waals surface area contributed by atoms with Gasteiger partial charge < -0.3 is 22.0 Å². The van der Waals surface area contributed by atoms with Crippen molar-refractivity contribution in [3.63, 3.8) is 0 Å². The zero-order valence-electron chi connectivity index (χ0n) is 14.8. The van der Waals surface area contributed by atoms with Crippen LogP contribution < -0.4 is 22.0 Å². The molecule has 25 heavy (non-hydrogen) atoms. The van der Waals surface area contributed by atoms with Crippen LogP contribution in [0.15, 0.2) is 54.7 Å². The average Bonchev–Trinajstić information content (AvgIpc) is 2.97. The van der Waals surface area contributed by atoms with E-state index in [4.69, 9.17) is 4.74 Å². The number of hydrogen-bond donors (Lipinski definition) is 1. The van der Waals surface area contributed by atoms with Gasteiger partial charge in [0.25, 0.3) is 5.91 Å². The van der Waals surface area contributed by atoms with Crippen molar-refractivity contribution in [2.45, 2.75) is 6.42 Å². The predicted octanol–water partition coefficient (Wildman–Crippen LogP) is -0.971. The van der Waals surface area contributed by atoms with Gasteiger partial charge in [0, 0.05) is 23.6 Å². The second-order valence-electron chi connectivity index (χ2n) is 6.29. The first-order valence-electron chi connectivity index (χ1n) is 8.17. The molecule has 4 nitrogen and oxygen atoms in total. The molecule has 1 N–H and O–H groups in total. The Morgan fingerprint density at radius 3 is 2.48 bits per heavy atom. The fourth-order valence-electron chi connectivity index (χ4n) is 2.88. The third-order valence-electron chi connectivity index (χ3n) is 4.23. The van der Waals surface area contributed by atoms with Gasteiger partial charge in [-0.05, 0) is 35.9 Å². The van der Waals surface area contributed by atoms with Gasteiger partial charge in [0.2, 0.25) is 0 Å². The topological polar surface area (TPSA) is 35.7 Å². The van der Waals surface area contributed by atoms with E-state index in [1.54, 1.807) is 11.7 Å². The fourth-order valence-corrected chi connectivity index (χ4v) is 2.88. The van der Waals surface area contributed by atoms with E-state index >= 15 is 0 Å². The largest absolute Gasteiger partial charge is 1.00 e. The summed E-state index contributed by atoms with van der Waals surface area (Å²) in [7, 11) is 5.93. The van der Waals surface area contributed by atoms with E-state index in [2.05, 4.69) is 14.1 Å². The number of methoxy groups -OCH3 is 1. The molecular formula is C20H23ClN2O2. The molecule has 2 aromatic carbocycles. The maximum atomic E-state index is 12.9. The third-order valence-corrected chi connectivity index (χ3v) is 4.23. The van der Waals surface area contributed by atoms with Crippen molar-refractivity contribution in [3.05, 3.63) is 65.9 Å². The summed E-state index contributed by atoms with van der Waals surface area (Å²) in [5, 5.41) is 1.08. The molecule has 132 valence electrons. The Morgan fingerprint density at radius 1 is 1.12 bits per heavy atom. The van der Waals surface area contributed by atoms with Gasteiger partial charge in [0.1, 0.15) is 5.75 Å². The Morgan fingerprint density at radius 2 is 1.84 bits per heavy atom. The molecule has 0 aliphatic rings. The lowest BCUT2D eigenvalue weighted by atomic mass is 10.1. The average molecular weight is 359 g/mol. The van der Waals surface area contributed by atoms with E-state index in [9.17, 15) is 4.79 Å². The molecular weight excluding hydrogens is 336 g/mol. The van der Waals surface area contributed by atoms with Crippen LogP contribution in [-0.4, -0.2) is 38.2 Å². The Hall–Kier alpha value is -2.30. The molecule has 5 heteroatoms. The van der Waals surface area contributed by atoms with Gasteiger partial charge in [-0.2, -0.15) is 0 Å². The molecule has 0 atom stereocenters. The fraction of sp³-hybridized carbons (Fsp3) is 0.250. The van der Waals surface area contributed by atoms with Crippen molar-refractivity contribution >= 4 is 16.8 Å². The lowest BCUT2D eigenvalue weighted by Gasteiger charge is -2.06. The number of hydrogen-bond acceptors (Lipinski definition) is 2. The van der Waals surface area contributed by atoms with Crippen LogP contribution in [-0.2, 0) is 6.42 Å². The predicted molar refractivity (Wildman–Crippen MR) is 96.0 cm³/mol. The van der Waals surface area contributed by atoms with Crippen LogP contribution in [0.4, 0.5) is 0 Å². The smallest absolute Gasteiger partial charge is 0.262 e. The molecule has 0 radical (unpaired) electrons. The van der Waals surface area contributed by atoms with Crippen molar-refractivity contribution in [2.75, 3.05) is 27.7 Å². The maximum absolute atomic E-state index is 12.9. The first kappa shape index (κ1) is 19.0. The number of ether oxygens (including phenoxy) is 1. The molecule has 0 unspecified atom stereocenters. The lowest BCUT2D eigenvalue weighted by molar-refractivity contribution is -0.858. The summed E-state index contributed by atoms with van der Waals surface area (Å²) >= 11 is 0. The second kappa shape index (κ2) is 8.19. The van der Waals surface area contributed by atoms with Crippen molar-refractivity contribution in [1.82, 2.24) is 4.57 Å². The molecule has 0 amide bonds. The zero-order valence-corrected chi connectivity index (χ0v) is 15.5. The number of likely N-dealkylation sites (N-methyl/N-ethyl adjacent to an activating group) is 1. The van der Waals surface area contributed by atoms with Gasteiger partial charge in [0.15, 0.2) is 0 Å². The minimum atomic E-state index is -0.00535. The molecule has 0 spiro atoms. The van der Waals surface area contributed by atoms with Crippen LogP contribution in [0.5, 0.6) is 5.75 Å². The summed E-state index contributed by atoms with van der Waals surface area (Å²) in [6.07, 6.45) is 2.89. The number of carbonyl (C=O) groups is 1. The van der Waals surface area contributed by atoms with Crippen LogP contribution in [0.3, 0.4) is 0 Å². The van der Waals surface area contributed by atoms with E-state index in [0.717, 1.165) is 29.6 Å². The number of benzene rings is 2. The molecule has 0 aliphatic carbocycles. The molecule has 3 rings (SSSR count). The molecule has 0 saturated heterocycles. The van der Waals surface area contributed by atoms with Crippen LogP contribution in [0, 0.1) is 0 Å². The SMILES string of the molecule is COc1ccc2c(c1)c(CC[NH+](C)C)cn2C(=O)c1ccccc1.[Cl-]. The Labute approximate surface area is 154 Å². The highest BCUT2D eigenvalue weighted by molar-refractivity contribution is 6.03. The summed E-state index contributed by atoms with van der Waals surface area (Å²) in [4.78, 5) is 14.3. The molecule has 0 fully saturated rings. The standard InChI is InChI=1S/C20H22N2O2.ClH/c1-21(2)12-11-16-14-22(20(23)15-7-5-4-6-8-15)19-10-9-17(24-3)13-18(16)19;/h4-10,13-14H,11-12H2,1-3H3;1H. The minimum absolute atomic E-state index is 0. The first-order chi connectivity index (χ1) is 11.6. The first-order valence-corrected chi connectivity index (χ1v) is 8.17. The normalized spacial score (nSPS) is 10.7. The Bertz CT molecular complexity index is 857. The zero-order chi connectivity index (χ0) is 17.1. The number of rotatable bonds is 5. The Balaban J connectivity index is 0.00000225. The van der Waals surface area contributed by atoms with E-state index < -0.39 is 0 Å².